The number of hydrogen-bond donors (Lipinski definition) is 0. The van der Waals surface area contributed by atoms with Crippen LogP contribution in [0.1, 0.15) is 18.4 Å². The number of hydrogen-bond acceptors (Lipinski definition) is 5. The number of nitrogens with zero attached hydrogens (tertiary/aromatic N) is 3. The molecular formula is C19H22F3N3O4. The lowest BCUT2D eigenvalue weighted by Crippen LogP contribution is -2.57. The average molecular weight is 413 g/mol. The van der Waals surface area contributed by atoms with Gasteiger partial charge in [0, 0.05) is 51.8 Å². The molecule has 1 aromatic rings. The predicted octanol–water partition coefficient (Wildman–Crippen LogP) is 1.52. The van der Waals surface area contributed by atoms with Gasteiger partial charge in [0.15, 0.2) is 0 Å². The van der Waals surface area contributed by atoms with Crippen LogP contribution in [0.2, 0.25) is 0 Å². The minimum atomic E-state index is -4.38. The minimum Gasteiger partial charge on any atom is -0.382 e. The Bertz CT molecular complexity index is 758. The molecule has 2 fully saturated rings. The number of imide groups is 1. The van der Waals surface area contributed by atoms with Crippen LogP contribution in [0.5, 0.6) is 0 Å². The van der Waals surface area contributed by atoms with Gasteiger partial charge in [-0.2, -0.15) is 13.2 Å². The van der Waals surface area contributed by atoms with E-state index in [1.54, 1.807) is 4.90 Å². The summed E-state index contributed by atoms with van der Waals surface area (Å²) in [5.41, 5.74) is -0.0687. The Hall–Kier alpha value is -2.62. The van der Waals surface area contributed by atoms with Crippen molar-refractivity contribution in [1.82, 2.24) is 9.80 Å². The van der Waals surface area contributed by atoms with Crippen molar-refractivity contribution in [2.75, 3.05) is 44.8 Å². The van der Waals surface area contributed by atoms with Gasteiger partial charge in [-0.25, -0.2) is 0 Å². The Morgan fingerprint density at radius 3 is 2.07 bits per heavy atom. The van der Waals surface area contributed by atoms with E-state index in [4.69, 9.17) is 4.74 Å². The molecule has 1 atom stereocenters. The van der Waals surface area contributed by atoms with Crippen molar-refractivity contribution >= 4 is 23.4 Å². The highest BCUT2D eigenvalue weighted by molar-refractivity contribution is 6.05. The Kier molecular flexibility index (Phi) is 6.11. The third-order valence-corrected chi connectivity index (χ3v) is 5.16. The molecule has 1 aromatic carbocycles. The van der Waals surface area contributed by atoms with Crippen LogP contribution < -0.4 is 4.90 Å². The first kappa shape index (κ1) is 21.1. The molecular weight excluding hydrogens is 391 g/mol. The molecule has 0 unspecified atom stereocenters. The second-order valence-corrected chi connectivity index (χ2v) is 6.99. The van der Waals surface area contributed by atoms with Crippen molar-refractivity contribution in [3.63, 3.8) is 0 Å². The van der Waals surface area contributed by atoms with Gasteiger partial charge in [0.2, 0.25) is 17.7 Å². The summed E-state index contributed by atoms with van der Waals surface area (Å²) < 4.78 is 43.2. The van der Waals surface area contributed by atoms with Crippen LogP contribution in [-0.2, 0) is 25.3 Å². The highest BCUT2D eigenvalue weighted by Crippen LogP contribution is 2.30. The fraction of sp³-hybridized carbons (Fsp3) is 0.526. The number of methoxy groups -OCH3 is 1. The number of benzene rings is 1. The molecule has 2 saturated heterocycles. The number of ether oxygens (including phenoxy) is 1. The molecule has 7 nitrogen and oxygen atoms in total. The predicted molar refractivity (Wildman–Crippen MR) is 97.0 cm³/mol. The van der Waals surface area contributed by atoms with Crippen LogP contribution >= 0.6 is 0 Å². The van der Waals surface area contributed by atoms with Gasteiger partial charge in [0.05, 0.1) is 12.2 Å². The molecule has 2 aliphatic rings. The lowest BCUT2D eigenvalue weighted by atomic mass is 10.1. The maximum Gasteiger partial charge on any atom is 0.416 e. The zero-order valence-electron chi connectivity index (χ0n) is 15.9. The van der Waals surface area contributed by atoms with E-state index in [1.165, 1.54) is 19.2 Å². The standard InChI is InChI=1S/C19H22F3N3O4/c1-29-12-15(25-16(26)6-7-17(25)27)18(28)24-10-8-23(9-11-24)14-4-2-13(3-5-14)19(20,21)22/h2-5,15H,6-12H2,1H3/t15-/m0/s1. The summed E-state index contributed by atoms with van der Waals surface area (Å²) in [6.45, 7) is 1.44. The number of alkyl halides is 3. The van der Waals surface area contributed by atoms with E-state index in [-0.39, 0.29) is 37.2 Å². The first-order valence-corrected chi connectivity index (χ1v) is 9.27. The molecule has 3 rings (SSSR count). The summed E-state index contributed by atoms with van der Waals surface area (Å²) in [7, 11) is 1.40. The maximum absolute atomic E-state index is 12.9. The molecule has 158 valence electrons. The molecule has 0 N–H and O–H groups in total. The molecule has 0 bridgehead atoms. The van der Waals surface area contributed by atoms with E-state index in [1.807, 2.05) is 4.90 Å². The van der Waals surface area contributed by atoms with Crippen molar-refractivity contribution in [3.8, 4) is 0 Å². The number of anilines is 1. The van der Waals surface area contributed by atoms with Crippen LogP contribution in [0.3, 0.4) is 0 Å². The smallest absolute Gasteiger partial charge is 0.382 e. The summed E-state index contributed by atoms with van der Waals surface area (Å²) in [5.74, 6) is -1.12. The summed E-state index contributed by atoms with van der Waals surface area (Å²) in [6.07, 6.45) is -4.20. The zero-order valence-corrected chi connectivity index (χ0v) is 15.9. The van der Waals surface area contributed by atoms with Gasteiger partial charge in [-0.1, -0.05) is 0 Å². The minimum absolute atomic E-state index is 0.0740. The van der Waals surface area contributed by atoms with Crippen molar-refractivity contribution in [3.05, 3.63) is 29.8 Å². The van der Waals surface area contributed by atoms with Gasteiger partial charge in [0.25, 0.3) is 0 Å². The van der Waals surface area contributed by atoms with Gasteiger partial charge < -0.3 is 14.5 Å². The number of carbonyl (C=O) groups is 3. The Labute approximate surface area is 166 Å². The molecule has 2 heterocycles. The number of halogens is 3. The van der Waals surface area contributed by atoms with Crippen molar-refractivity contribution in [2.45, 2.75) is 25.1 Å². The van der Waals surface area contributed by atoms with Crippen molar-refractivity contribution < 1.29 is 32.3 Å². The zero-order chi connectivity index (χ0) is 21.2. The summed E-state index contributed by atoms with van der Waals surface area (Å²) in [6, 6.07) is 3.91. The Morgan fingerprint density at radius 1 is 1.03 bits per heavy atom. The number of piperazine rings is 1. The number of rotatable bonds is 5. The molecule has 0 aliphatic carbocycles. The quantitative estimate of drug-likeness (QED) is 0.685. The third-order valence-electron chi connectivity index (χ3n) is 5.16. The summed E-state index contributed by atoms with van der Waals surface area (Å²) >= 11 is 0. The lowest BCUT2D eigenvalue weighted by molar-refractivity contribution is -0.152. The van der Waals surface area contributed by atoms with Gasteiger partial charge >= 0.3 is 6.18 Å². The normalized spacial score (nSPS) is 19.1. The Balaban J connectivity index is 1.63. The van der Waals surface area contributed by atoms with Gasteiger partial charge in [-0.15, -0.1) is 0 Å². The first-order chi connectivity index (χ1) is 13.7. The van der Waals surface area contributed by atoms with E-state index < -0.39 is 17.8 Å². The van der Waals surface area contributed by atoms with E-state index in [0.29, 0.717) is 31.9 Å². The average Bonchev–Trinajstić information content (AvgIpc) is 3.03. The lowest BCUT2D eigenvalue weighted by Gasteiger charge is -2.38. The molecule has 0 aromatic heterocycles. The molecule has 2 aliphatic heterocycles. The van der Waals surface area contributed by atoms with Crippen LogP contribution in [0.15, 0.2) is 24.3 Å². The van der Waals surface area contributed by atoms with Crippen molar-refractivity contribution in [2.24, 2.45) is 0 Å². The molecule has 0 spiro atoms. The SMILES string of the molecule is COC[C@@H](C(=O)N1CCN(c2ccc(C(F)(F)F)cc2)CC1)N1C(=O)CCC1=O. The third kappa shape index (κ3) is 4.52. The highest BCUT2D eigenvalue weighted by atomic mass is 19.4. The van der Waals surface area contributed by atoms with Crippen LogP contribution in [0.4, 0.5) is 18.9 Å². The van der Waals surface area contributed by atoms with Gasteiger partial charge in [-0.3, -0.25) is 19.3 Å². The van der Waals surface area contributed by atoms with E-state index in [9.17, 15) is 27.6 Å². The number of amides is 3. The van der Waals surface area contributed by atoms with E-state index >= 15 is 0 Å². The van der Waals surface area contributed by atoms with Crippen LogP contribution in [-0.4, -0.2) is 73.5 Å². The van der Waals surface area contributed by atoms with Crippen LogP contribution in [0, 0.1) is 0 Å². The second-order valence-electron chi connectivity index (χ2n) is 6.99. The fourth-order valence-electron chi connectivity index (χ4n) is 3.61. The van der Waals surface area contributed by atoms with Gasteiger partial charge in [0.1, 0.15) is 6.04 Å². The van der Waals surface area contributed by atoms with Crippen LogP contribution in [0.25, 0.3) is 0 Å². The second kappa shape index (κ2) is 8.40. The largest absolute Gasteiger partial charge is 0.416 e. The Morgan fingerprint density at radius 2 is 1.59 bits per heavy atom. The molecule has 10 heteroatoms. The first-order valence-electron chi connectivity index (χ1n) is 9.27. The topological polar surface area (TPSA) is 70.2 Å². The molecule has 29 heavy (non-hydrogen) atoms. The number of carbonyl (C=O) groups excluding carboxylic acids is 3. The molecule has 3 amide bonds. The number of likely N-dealkylation sites (tertiary alicyclic amines) is 1. The van der Waals surface area contributed by atoms with Gasteiger partial charge in [-0.05, 0) is 24.3 Å². The molecule has 0 radical (unpaired) electrons. The highest BCUT2D eigenvalue weighted by Gasteiger charge is 2.41. The van der Waals surface area contributed by atoms with Crippen molar-refractivity contribution in [1.29, 1.82) is 0 Å². The fourth-order valence-corrected chi connectivity index (χ4v) is 3.61. The summed E-state index contributed by atoms with van der Waals surface area (Å²) in [4.78, 5) is 41.4. The monoisotopic (exact) mass is 413 g/mol. The molecule has 0 saturated carbocycles. The van der Waals surface area contributed by atoms with E-state index in [2.05, 4.69) is 0 Å². The maximum atomic E-state index is 12.9. The summed E-state index contributed by atoms with van der Waals surface area (Å²) in [5, 5.41) is 0. The van der Waals surface area contributed by atoms with E-state index in [0.717, 1.165) is 17.0 Å².